The lowest BCUT2D eigenvalue weighted by Crippen LogP contribution is -1.97. The molecule has 2 aromatic carbocycles. The van der Waals surface area contributed by atoms with Gasteiger partial charge in [0.15, 0.2) is 17.3 Å². The quantitative estimate of drug-likeness (QED) is 0.464. The molecule has 1 heterocycles. The zero-order chi connectivity index (χ0) is 18.7. The Hall–Kier alpha value is -2.35. The predicted octanol–water partition coefficient (Wildman–Crippen LogP) is 4.90. The number of phenols is 1. The highest BCUT2D eigenvalue weighted by Crippen LogP contribution is 2.34. The van der Waals surface area contributed by atoms with Gasteiger partial charge < -0.3 is 9.84 Å². The number of nitrogens with zero attached hydrogens (tertiary/aromatic N) is 3. The summed E-state index contributed by atoms with van der Waals surface area (Å²) in [4.78, 5) is 0. The van der Waals surface area contributed by atoms with Gasteiger partial charge in [0.2, 0.25) is 4.77 Å². The number of benzene rings is 2. The van der Waals surface area contributed by atoms with E-state index >= 15 is 0 Å². The predicted molar refractivity (Wildman–Crippen MR) is 105 cm³/mol. The molecule has 0 amide bonds. The molecule has 3 rings (SSSR count). The highest BCUT2D eigenvalue weighted by Gasteiger charge is 2.12. The minimum absolute atomic E-state index is 0.109. The van der Waals surface area contributed by atoms with E-state index in [0.29, 0.717) is 33.4 Å². The van der Waals surface area contributed by atoms with E-state index in [4.69, 9.17) is 40.2 Å². The van der Waals surface area contributed by atoms with Crippen LogP contribution in [0, 0.1) is 4.77 Å². The largest absolute Gasteiger partial charge is 0.503 e. The van der Waals surface area contributed by atoms with Crippen LogP contribution in [0.15, 0.2) is 41.5 Å². The normalized spacial score (nSPS) is 11.2. The Balaban J connectivity index is 2.02. The molecule has 0 saturated heterocycles. The van der Waals surface area contributed by atoms with Crippen LogP contribution in [0.5, 0.6) is 11.5 Å². The molecule has 0 aliphatic heterocycles. The van der Waals surface area contributed by atoms with Gasteiger partial charge in [-0.1, -0.05) is 35.3 Å². The minimum atomic E-state index is -0.109. The molecule has 0 aliphatic carbocycles. The molecule has 0 radical (unpaired) electrons. The van der Waals surface area contributed by atoms with Crippen LogP contribution in [-0.2, 0) is 0 Å². The van der Waals surface area contributed by atoms with Crippen molar-refractivity contribution in [3.63, 3.8) is 0 Å². The molecule has 6 nitrogen and oxygen atoms in total. The fourth-order valence-corrected chi connectivity index (χ4v) is 2.89. The maximum Gasteiger partial charge on any atom is 0.216 e. The SMILES string of the molecule is CCOc1cc(/C=N/n2c(-c3ccccc3Cl)n[nH]c2=S)cc(Cl)c1O. The molecule has 134 valence electrons. The third-order valence-electron chi connectivity index (χ3n) is 3.44. The Bertz CT molecular complexity index is 1030. The van der Waals surface area contributed by atoms with Crippen molar-refractivity contribution in [2.45, 2.75) is 6.92 Å². The Kier molecular flexibility index (Phi) is 5.61. The summed E-state index contributed by atoms with van der Waals surface area (Å²) in [6.07, 6.45) is 1.54. The van der Waals surface area contributed by atoms with E-state index in [1.807, 2.05) is 25.1 Å². The summed E-state index contributed by atoms with van der Waals surface area (Å²) in [6, 6.07) is 10.5. The van der Waals surface area contributed by atoms with Crippen molar-refractivity contribution in [1.82, 2.24) is 14.9 Å². The van der Waals surface area contributed by atoms with Crippen molar-refractivity contribution < 1.29 is 9.84 Å². The van der Waals surface area contributed by atoms with E-state index in [0.717, 1.165) is 0 Å². The number of aromatic amines is 1. The summed E-state index contributed by atoms with van der Waals surface area (Å²) in [5.74, 6) is 0.651. The molecular weight excluding hydrogens is 395 g/mol. The van der Waals surface area contributed by atoms with Crippen LogP contribution < -0.4 is 4.74 Å². The Labute approximate surface area is 164 Å². The lowest BCUT2D eigenvalue weighted by Gasteiger charge is -2.08. The molecule has 0 spiro atoms. The van der Waals surface area contributed by atoms with Gasteiger partial charge in [0.05, 0.1) is 22.9 Å². The maximum atomic E-state index is 9.92. The standard InChI is InChI=1S/C17H14Cl2N4O2S/c1-2-25-14-8-10(7-13(19)15(14)24)9-20-23-16(21-22-17(23)26)11-5-3-4-6-12(11)18/h3-9,24H,2H2,1H3,(H,22,26)/b20-9+. The summed E-state index contributed by atoms with van der Waals surface area (Å²) in [5, 5.41) is 21.9. The van der Waals surface area contributed by atoms with Crippen LogP contribution >= 0.6 is 35.4 Å². The molecule has 0 unspecified atom stereocenters. The number of hydrogen-bond donors (Lipinski definition) is 2. The number of halogens is 2. The van der Waals surface area contributed by atoms with Gasteiger partial charge in [0.1, 0.15) is 0 Å². The zero-order valence-electron chi connectivity index (χ0n) is 13.6. The molecule has 0 atom stereocenters. The Morgan fingerprint density at radius 2 is 2.08 bits per heavy atom. The van der Waals surface area contributed by atoms with Crippen LogP contribution in [0.2, 0.25) is 10.0 Å². The highest BCUT2D eigenvalue weighted by atomic mass is 35.5. The zero-order valence-corrected chi connectivity index (χ0v) is 15.9. The number of ether oxygens (including phenoxy) is 1. The number of phenolic OH excluding ortho intramolecular Hbond substituents is 1. The average Bonchev–Trinajstić information content (AvgIpc) is 2.98. The lowest BCUT2D eigenvalue weighted by molar-refractivity contribution is 0.318. The maximum absolute atomic E-state index is 9.92. The van der Waals surface area contributed by atoms with Crippen molar-refractivity contribution in [2.24, 2.45) is 5.10 Å². The second kappa shape index (κ2) is 7.90. The second-order valence-electron chi connectivity index (χ2n) is 5.17. The Morgan fingerprint density at radius 1 is 1.31 bits per heavy atom. The number of aromatic hydroxyl groups is 1. The number of aromatic nitrogens is 3. The molecule has 0 aliphatic rings. The summed E-state index contributed by atoms with van der Waals surface area (Å²) in [5.41, 5.74) is 1.32. The molecule has 0 bridgehead atoms. The number of H-pyrrole nitrogens is 1. The highest BCUT2D eigenvalue weighted by molar-refractivity contribution is 7.71. The van der Waals surface area contributed by atoms with E-state index < -0.39 is 0 Å². The monoisotopic (exact) mass is 408 g/mol. The average molecular weight is 409 g/mol. The fourth-order valence-electron chi connectivity index (χ4n) is 2.27. The summed E-state index contributed by atoms with van der Waals surface area (Å²) in [6.45, 7) is 2.21. The van der Waals surface area contributed by atoms with Crippen LogP contribution in [0.3, 0.4) is 0 Å². The van der Waals surface area contributed by atoms with E-state index in [9.17, 15) is 5.11 Å². The molecule has 9 heteroatoms. The summed E-state index contributed by atoms with van der Waals surface area (Å²) >= 11 is 17.5. The van der Waals surface area contributed by atoms with E-state index in [1.165, 1.54) is 4.68 Å². The van der Waals surface area contributed by atoms with Crippen LogP contribution in [0.25, 0.3) is 11.4 Å². The van der Waals surface area contributed by atoms with E-state index in [1.54, 1.807) is 24.4 Å². The first kappa shape index (κ1) is 18.4. The van der Waals surface area contributed by atoms with Crippen molar-refractivity contribution >= 4 is 41.6 Å². The van der Waals surface area contributed by atoms with Crippen molar-refractivity contribution in [2.75, 3.05) is 6.61 Å². The van der Waals surface area contributed by atoms with Gasteiger partial charge in [-0.2, -0.15) is 14.9 Å². The van der Waals surface area contributed by atoms with Crippen LogP contribution in [-0.4, -0.2) is 32.8 Å². The molecular formula is C17H14Cl2N4O2S. The van der Waals surface area contributed by atoms with Gasteiger partial charge in [-0.05, 0) is 49.0 Å². The summed E-state index contributed by atoms with van der Waals surface area (Å²) < 4.78 is 7.14. The van der Waals surface area contributed by atoms with Crippen LogP contribution in [0.4, 0.5) is 0 Å². The van der Waals surface area contributed by atoms with Gasteiger partial charge in [0, 0.05) is 5.56 Å². The Morgan fingerprint density at radius 3 is 2.81 bits per heavy atom. The van der Waals surface area contributed by atoms with Crippen molar-refractivity contribution in [3.8, 4) is 22.9 Å². The number of nitrogens with one attached hydrogen (secondary N) is 1. The minimum Gasteiger partial charge on any atom is -0.503 e. The third-order valence-corrected chi connectivity index (χ3v) is 4.32. The molecule has 26 heavy (non-hydrogen) atoms. The first-order valence-electron chi connectivity index (χ1n) is 7.63. The number of rotatable bonds is 5. The molecule has 0 saturated carbocycles. The first-order chi connectivity index (χ1) is 12.5. The summed E-state index contributed by atoms with van der Waals surface area (Å²) in [7, 11) is 0. The smallest absolute Gasteiger partial charge is 0.216 e. The van der Waals surface area contributed by atoms with Gasteiger partial charge >= 0.3 is 0 Å². The molecule has 0 fully saturated rings. The van der Waals surface area contributed by atoms with E-state index in [-0.39, 0.29) is 16.5 Å². The molecule has 2 N–H and O–H groups in total. The number of hydrogen-bond acceptors (Lipinski definition) is 5. The van der Waals surface area contributed by atoms with Gasteiger partial charge in [-0.15, -0.1) is 0 Å². The second-order valence-corrected chi connectivity index (χ2v) is 6.37. The molecule has 1 aromatic heterocycles. The first-order valence-corrected chi connectivity index (χ1v) is 8.79. The third kappa shape index (κ3) is 3.75. The fraction of sp³-hybridized carbons (Fsp3) is 0.118. The van der Waals surface area contributed by atoms with Gasteiger partial charge in [-0.3, -0.25) is 0 Å². The topological polar surface area (TPSA) is 75.4 Å². The van der Waals surface area contributed by atoms with E-state index in [2.05, 4.69) is 15.3 Å². The van der Waals surface area contributed by atoms with Gasteiger partial charge in [0.25, 0.3) is 0 Å². The van der Waals surface area contributed by atoms with Crippen molar-refractivity contribution in [1.29, 1.82) is 0 Å². The van der Waals surface area contributed by atoms with Crippen molar-refractivity contribution in [3.05, 3.63) is 56.8 Å². The molecule has 3 aromatic rings. The lowest BCUT2D eigenvalue weighted by atomic mass is 10.2. The van der Waals surface area contributed by atoms with Crippen LogP contribution in [0.1, 0.15) is 12.5 Å². The van der Waals surface area contributed by atoms with Gasteiger partial charge in [-0.25, -0.2) is 5.10 Å².